The van der Waals surface area contributed by atoms with E-state index in [1.54, 1.807) is 20.8 Å². The Hall–Kier alpha value is -1.59. The van der Waals surface area contributed by atoms with E-state index in [-0.39, 0.29) is 6.54 Å². The third kappa shape index (κ3) is 3.88. The zero-order chi connectivity index (χ0) is 13.1. The van der Waals surface area contributed by atoms with Crippen LogP contribution in [-0.4, -0.2) is 41.4 Å². The highest BCUT2D eigenvalue weighted by molar-refractivity contribution is 5.98. The maximum atomic E-state index is 11.8. The maximum absolute atomic E-state index is 11.8. The second kappa shape index (κ2) is 4.96. The quantitative estimate of drug-likeness (QED) is 0.646. The fourth-order valence-electron chi connectivity index (χ4n) is 1.38. The standard InChI is InChI=1S/C10H18N2O4/c1-10(2,3)7(9(15)16)8(14)12(4)5-6(11)13/h7H,5H2,1-4H3,(H2,11,13)(H,15,16). The van der Waals surface area contributed by atoms with Crippen LogP contribution in [0.3, 0.4) is 0 Å². The fourth-order valence-corrected chi connectivity index (χ4v) is 1.38. The van der Waals surface area contributed by atoms with Crippen molar-refractivity contribution in [3.8, 4) is 0 Å². The number of carboxylic acid groups (broad SMARTS) is 1. The van der Waals surface area contributed by atoms with E-state index >= 15 is 0 Å². The van der Waals surface area contributed by atoms with Crippen molar-refractivity contribution in [3.63, 3.8) is 0 Å². The minimum Gasteiger partial charge on any atom is -0.481 e. The van der Waals surface area contributed by atoms with Gasteiger partial charge in [0.05, 0.1) is 6.54 Å². The first kappa shape index (κ1) is 14.4. The summed E-state index contributed by atoms with van der Waals surface area (Å²) in [6, 6.07) is 0. The van der Waals surface area contributed by atoms with Gasteiger partial charge in [-0.3, -0.25) is 14.4 Å². The Bertz CT molecular complexity index is 306. The zero-order valence-corrected chi connectivity index (χ0v) is 9.98. The van der Waals surface area contributed by atoms with Crippen LogP contribution in [0, 0.1) is 11.3 Å². The van der Waals surface area contributed by atoms with Crippen LogP contribution in [0.5, 0.6) is 0 Å². The van der Waals surface area contributed by atoms with Gasteiger partial charge < -0.3 is 15.7 Å². The summed E-state index contributed by atoms with van der Waals surface area (Å²) in [6.07, 6.45) is 0. The smallest absolute Gasteiger partial charge is 0.316 e. The van der Waals surface area contributed by atoms with Gasteiger partial charge >= 0.3 is 5.97 Å². The minimum atomic E-state index is -1.20. The summed E-state index contributed by atoms with van der Waals surface area (Å²) in [7, 11) is 1.36. The first-order valence-corrected chi connectivity index (χ1v) is 4.83. The number of aliphatic carboxylic acids is 1. The summed E-state index contributed by atoms with van der Waals surface area (Å²) in [6.45, 7) is 4.68. The Kier molecular flexibility index (Phi) is 4.47. The first-order chi connectivity index (χ1) is 7.07. The number of hydrogen-bond acceptors (Lipinski definition) is 3. The Labute approximate surface area is 94.4 Å². The summed E-state index contributed by atoms with van der Waals surface area (Å²) >= 11 is 0. The lowest BCUT2D eigenvalue weighted by molar-refractivity contribution is -0.156. The third-order valence-corrected chi connectivity index (χ3v) is 2.13. The van der Waals surface area contributed by atoms with Crippen molar-refractivity contribution < 1.29 is 19.5 Å². The largest absolute Gasteiger partial charge is 0.481 e. The Morgan fingerprint density at radius 2 is 1.75 bits per heavy atom. The molecule has 6 nitrogen and oxygen atoms in total. The van der Waals surface area contributed by atoms with Crippen molar-refractivity contribution in [2.75, 3.05) is 13.6 Å². The highest BCUT2D eigenvalue weighted by atomic mass is 16.4. The SMILES string of the molecule is CN(CC(N)=O)C(=O)C(C(=O)O)C(C)(C)C. The van der Waals surface area contributed by atoms with Gasteiger partial charge in [0.2, 0.25) is 11.8 Å². The molecule has 2 amide bonds. The second-order valence-electron chi connectivity index (χ2n) is 4.80. The van der Waals surface area contributed by atoms with E-state index in [1.807, 2.05) is 0 Å². The van der Waals surface area contributed by atoms with Crippen molar-refractivity contribution in [1.82, 2.24) is 4.90 Å². The molecular weight excluding hydrogens is 212 g/mol. The Morgan fingerprint density at radius 3 is 2.00 bits per heavy atom. The van der Waals surface area contributed by atoms with Crippen LogP contribution in [0.25, 0.3) is 0 Å². The van der Waals surface area contributed by atoms with Crippen molar-refractivity contribution in [3.05, 3.63) is 0 Å². The van der Waals surface area contributed by atoms with Crippen LogP contribution in [0.15, 0.2) is 0 Å². The summed E-state index contributed by atoms with van der Waals surface area (Å²) in [5, 5.41) is 9.00. The predicted molar refractivity (Wildman–Crippen MR) is 57.4 cm³/mol. The van der Waals surface area contributed by atoms with E-state index in [0.717, 1.165) is 4.90 Å². The summed E-state index contributed by atoms with van der Waals surface area (Å²) in [5.41, 5.74) is 4.22. The lowest BCUT2D eigenvalue weighted by atomic mass is 9.80. The number of carbonyl (C=O) groups is 3. The molecule has 6 heteroatoms. The van der Waals surface area contributed by atoms with E-state index < -0.39 is 29.1 Å². The van der Waals surface area contributed by atoms with Crippen molar-refractivity contribution in [1.29, 1.82) is 0 Å². The highest BCUT2D eigenvalue weighted by Gasteiger charge is 2.39. The molecule has 0 aliphatic heterocycles. The molecule has 0 saturated carbocycles. The number of rotatable bonds is 4. The van der Waals surface area contributed by atoms with Crippen LogP contribution in [0.1, 0.15) is 20.8 Å². The molecule has 0 saturated heterocycles. The van der Waals surface area contributed by atoms with Gasteiger partial charge in [0.25, 0.3) is 0 Å². The van der Waals surface area contributed by atoms with Crippen molar-refractivity contribution >= 4 is 17.8 Å². The van der Waals surface area contributed by atoms with Crippen LogP contribution in [0.2, 0.25) is 0 Å². The van der Waals surface area contributed by atoms with Gasteiger partial charge in [0.15, 0.2) is 0 Å². The van der Waals surface area contributed by atoms with E-state index in [9.17, 15) is 14.4 Å². The molecule has 92 valence electrons. The average molecular weight is 230 g/mol. The minimum absolute atomic E-state index is 0.279. The molecule has 0 aromatic heterocycles. The topological polar surface area (TPSA) is 101 Å². The molecule has 0 aromatic rings. The van der Waals surface area contributed by atoms with E-state index in [1.165, 1.54) is 7.05 Å². The molecule has 0 aromatic carbocycles. The van der Waals surface area contributed by atoms with Crippen LogP contribution in [0.4, 0.5) is 0 Å². The summed E-state index contributed by atoms with van der Waals surface area (Å²) in [5.74, 6) is -3.67. The molecule has 16 heavy (non-hydrogen) atoms. The van der Waals surface area contributed by atoms with Gasteiger partial charge in [-0.2, -0.15) is 0 Å². The van der Waals surface area contributed by atoms with Crippen LogP contribution < -0.4 is 5.73 Å². The molecule has 0 fully saturated rings. The van der Waals surface area contributed by atoms with Crippen molar-refractivity contribution in [2.45, 2.75) is 20.8 Å². The molecule has 0 aliphatic carbocycles. The number of nitrogens with zero attached hydrogens (tertiary/aromatic N) is 1. The molecule has 0 radical (unpaired) electrons. The van der Waals surface area contributed by atoms with Crippen LogP contribution in [-0.2, 0) is 14.4 Å². The number of amides is 2. The normalized spacial score (nSPS) is 13.0. The van der Waals surface area contributed by atoms with E-state index in [4.69, 9.17) is 10.8 Å². The monoisotopic (exact) mass is 230 g/mol. The van der Waals surface area contributed by atoms with Gasteiger partial charge in [0, 0.05) is 7.05 Å². The van der Waals surface area contributed by atoms with Gasteiger partial charge in [-0.25, -0.2) is 0 Å². The molecule has 0 aliphatic rings. The molecule has 0 spiro atoms. The molecular formula is C10H18N2O4. The first-order valence-electron chi connectivity index (χ1n) is 4.83. The molecule has 3 N–H and O–H groups in total. The lowest BCUT2D eigenvalue weighted by Crippen LogP contribution is -2.46. The second-order valence-corrected chi connectivity index (χ2v) is 4.80. The van der Waals surface area contributed by atoms with Gasteiger partial charge in [-0.05, 0) is 5.41 Å². The van der Waals surface area contributed by atoms with E-state index in [0.29, 0.717) is 0 Å². The number of carbonyl (C=O) groups excluding carboxylic acids is 2. The Morgan fingerprint density at radius 1 is 1.31 bits per heavy atom. The van der Waals surface area contributed by atoms with Crippen molar-refractivity contribution in [2.24, 2.45) is 17.1 Å². The van der Waals surface area contributed by atoms with Crippen LogP contribution >= 0.6 is 0 Å². The summed E-state index contributed by atoms with van der Waals surface area (Å²) in [4.78, 5) is 34.5. The molecule has 1 atom stereocenters. The third-order valence-electron chi connectivity index (χ3n) is 2.13. The van der Waals surface area contributed by atoms with Gasteiger partial charge in [-0.1, -0.05) is 20.8 Å². The van der Waals surface area contributed by atoms with Gasteiger partial charge in [0.1, 0.15) is 5.92 Å². The zero-order valence-electron chi connectivity index (χ0n) is 9.98. The summed E-state index contributed by atoms with van der Waals surface area (Å²) < 4.78 is 0. The number of carboxylic acids is 1. The number of hydrogen-bond donors (Lipinski definition) is 2. The number of likely N-dealkylation sites (N-methyl/N-ethyl adjacent to an activating group) is 1. The fraction of sp³-hybridized carbons (Fsp3) is 0.700. The molecule has 1 unspecified atom stereocenters. The average Bonchev–Trinajstić information content (AvgIpc) is 1.98. The molecule has 0 heterocycles. The number of primary amides is 1. The lowest BCUT2D eigenvalue weighted by Gasteiger charge is -2.29. The maximum Gasteiger partial charge on any atom is 0.316 e. The molecule has 0 rings (SSSR count). The Balaban J connectivity index is 4.90. The highest BCUT2D eigenvalue weighted by Crippen LogP contribution is 2.27. The van der Waals surface area contributed by atoms with E-state index in [2.05, 4.69) is 0 Å². The predicted octanol–water partition coefficient (Wildman–Crippen LogP) is -0.323. The molecule has 0 bridgehead atoms. The van der Waals surface area contributed by atoms with Gasteiger partial charge in [-0.15, -0.1) is 0 Å². The number of nitrogens with two attached hydrogens (primary N) is 1.